The summed E-state index contributed by atoms with van der Waals surface area (Å²) < 4.78 is 27.1. The van der Waals surface area contributed by atoms with E-state index >= 15 is 0 Å². The quantitative estimate of drug-likeness (QED) is 0.709. The fourth-order valence-corrected chi connectivity index (χ4v) is 5.60. The first-order valence-corrected chi connectivity index (χ1v) is 11.9. The third-order valence-corrected chi connectivity index (χ3v) is 7.81. The molecule has 0 atom stereocenters. The van der Waals surface area contributed by atoms with E-state index in [4.69, 9.17) is 12.2 Å². The number of carbonyl (C=O) groups excluding carboxylic acids is 1. The van der Waals surface area contributed by atoms with Crippen molar-refractivity contribution >= 4 is 38.9 Å². The third kappa shape index (κ3) is 5.52. The van der Waals surface area contributed by atoms with Gasteiger partial charge in [-0.15, -0.1) is 0 Å². The van der Waals surface area contributed by atoms with Crippen LogP contribution in [0.5, 0.6) is 0 Å². The fraction of sp³-hybridized carbons (Fsp3) is 0.600. The van der Waals surface area contributed by atoms with E-state index in [-0.39, 0.29) is 15.9 Å². The summed E-state index contributed by atoms with van der Waals surface area (Å²) in [6.07, 6.45) is 6.92. The smallest absolute Gasteiger partial charge is 0.243 e. The van der Waals surface area contributed by atoms with E-state index in [9.17, 15) is 13.2 Å². The molecule has 28 heavy (non-hydrogen) atoms. The number of anilines is 1. The van der Waals surface area contributed by atoms with Crippen LogP contribution >= 0.6 is 12.2 Å². The first kappa shape index (κ1) is 21.2. The van der Waals surface area contributed by atoms with Crippen LogP contribution in [0.15, 0.2) is 29.2 Å². The Kier molecular flexibility index (Phi) is 7.06. The van der Waals surface area contributed by atoms with Crippen molar-refractivity contribution in [3.8, 4) is 0 Å². The Bertz CT molecular complexity index is 794. The average Bonchev–Trinajstić information content (AvgIpc) is 3.15. The molecular formula is C20H29N3O3S2. The molecule has 0 bridgehead atoms. The van der Waals surface area contributed by atoms with Gasteiger partial charge < -0.3 is 10.6 Å². The van der Waals surface area contributed by atoms with E-state index in [1.165, 1.54) is 12.8 Å². The molecule has 0 radical (unpaired) electrons. The zero-order valence-electron chi connectivity index (χ0n) is 16.3. The molecule has 1 aromatic carbocycles. The van der Waals surface area contributed by atoms with Gasteiger partial charge in [-0.05, 0) is 74.0 Å². The van der Waals surface area contributed by atoms with Crippen molar-refractivity contribution < 1.29 is 13.2 Å². The number of sulfonamides is 1. The Balaban J connectivity index is 1.53. The van der Waals surface area contributed by atoms with Crippen LogP contribution in [0.1, 0.15) is 51.9 Å². The van der Waals surface area contributed by atoms with Gasteiger partial charge in [-0.1, -0.05) is 19.8 Å². The minimum absolute atomic E-state index is 0.0667. The summed E-state index contributed by atoms with van der Waals surface area (Å²) in [5.41, 5.74) is 0.650. The lowest BCUT2D eigenvalue weighted by molar-refractivity contribution is -0.120. The topological polar surface area (TPSA) is 78.5 Å². The van der Waals surface area contributed by atoms with Crippen LogP contribution in [0.2, 0.25) is 0 Å². The second-order valence-electron chi connectivity index (χ2n) is 7.97. The molecular weight excluding hydrogens is 394 g/mol. The van der Waals surface area contributed by atoms with E-state index in [2.05, 4.69) is 17.6 Å². The normalized spacial score (nSPS) is 19.5. The van der Waals surface area contributed by atoms with Gasteiger partial charge in [-0.3, -0.25) is 4.79 Å². The summed E-state index contributed by atoms with van der Waals surface area (Å²) in [4.78, 5) is 12.3. The van der Waals surface area contributed by atoms with Gasteiger partial charge in [0.1, 0.15) is 0 Å². The monoisotopic (exact) mass is 423 g/mol. The summed E-state index contributed by atoms with van der Waals surface area (Å²) in [6, 6.07) is 6.51. The summed E-state index contributed by atoms with van der Waals surface area (Å²) in [5, 5.41) is 5.90. The number of carbonyl (C=O) groups is 1. The van der Waals surface area contributed by atoms with E-state index < -0.39 is 10.0 Å². The van der Waals surface area contributed by atoms with Crippen molar-refractivity contribution in [3.63, 3.8) is 0 Å². The lowest BCUT2D eigenvalue weighted by atomic mass is 10.0. The van der Waals surface area contributed by atoms with Crippen LogP contribution in [-0.4, -0.2) is 36.8 Å². The molecule has 1 aliphatic heterocycles. The second-order valence-corrected chi connectivity index (χ2v) is 10.3. The predicted molar refractivity (Wildman–Crippen MR) is 115 cm³/mol. The Morgan fingerprint density at radius 2 is 1.71 bits per heavy atom. The van der Waals surface area contributed by atoms with E-state index in [1.54, 1.807) is 28.6 Å². The highest BCUT2D eigenvalue weighted by molar-refractivity contribution is 7.89. The Labute approximate surface area is 173 Å². The molecule has 2 fully saturated rings. The first-order chi connectivity index (χ1) is 13.3. The lowest BCUT2D eigenvalue weighted by Crippen LogP contribution is -2.37. The minimum Gasteiger partial charge on any atom is -0.332 e. The average molecular weight is 424 g/mol. The molecule has 1 saturated carbocycles. The number of benzene rings is 1. The van der Waals surface area contributed by atoms with Gasteiger partial charge in [-0.2, -0.15) is 4.31 Å². The number of amides is 1. The molecule has 0 unspecified atom stereocenters. The van der Waals surface area contributed by atoms with Crippen molar-refractivity contribution in [2.75, 3.05) is 18.4 Å². The van der Waals surface area contributed by atoms with Crippen molar-refractivity contribution in [1.29, 1.82) is 0 Å². The largest absolute Gasteiger partial charge is 0.332 e. The maximum Gasteiger partial charge on any atom is 0.243 e. The highest BCUT2D eigenvalue weighted by Gasteiger charge is 2.28. The molecule has 2 aliphatic rings. The Morgan fingerprint density at radius 3 is 2.32 bits per heavy atom. The van der Waals surface area contributed by atoms with Gasteiger partial charge in [0.05, 0.1) is 4.90 Å². The zero-order chi connectivity index (χ0) is 20.1. The van der Waals surface area contributed by atoms with Gasteiger partial charge in [0.2, 0.25) is 15.9 Å². The van der Waals surface area contributed by atoms with E-state index in [0.717, 1.165) is 25.7 Å². The fourth-order valence-electron chi connectivity index (χ4n) is 3.90. The molecule has 0 spiro atoms. The standard InChI is InChI=1S/C20H29N3O3S2/c1-15-10-12-23(13-11-15)28(25,26)18-8-6-17(7-9-18)21-20(27)22-19(24)14-16-4-2-3-5-16/h6-9,15-16H,2-5,10-14H2,1H3,(H2,21,22,24,27). The zero-order valence-corrected chi connectivity index (χ0v) is 17.9. The molecule has 3 rings (SSSR count). The summed E-state index contributed by atoms with van der Waals surface area (Å²) in [5.74, 6) is 0.968. The minimum atomic E-state index is -3.46. The predicted octanol–water partition coefficient (Wildman–Crippen LogP) is 3.50. The summed E-state index contributed by atoms with van der Waals surface area (Å²) in [6.45, 7) is 3.29. The second kappa shape index (κ2) is 9.33. The van der Waals surface area contributed by atoms with Crippen LogP contribution < -0.4 is 10.6 Å². The van der Waals surface area contributed by atoms with E-state index in [1.807, 2.05) is 0 Å². The molecule has 1 aromatic rings. The van der Waals surface area contributed by atoms with Gasteiger partial charge in [0.15, 0.2) is 5.11 Å². The number of piperidine rings is 1. The number of rotatable bonds is 5. The van der Waals surface area contributed by atoms with Crippen LogP contribution in [0.3, 0.4) is 0 Å². The van der Waals surface area contributed by atoms with Gasteiger partial charge in [-0.25, -0.2) is 8.42 Å². The molecule has 1 heterocycles. The molecule has 1 saturated heterocycles. The van der Waals surface area contributed by atoms with Crippen molar-refractivity contribution in [2.45, 2.75) is 56.8 Å². The number of nitrogens with zero attached hydrogens (tertiary/aromatic N) is 1. The highest BCUT2D eigenvalue weighted by atomic mass is 32.2. The van der Waals surface area contributed by atoms with Gasteiger partial charge >= 0.3 is 0 Å². The Morgan fingerprint density at radius 1 is 1.11 bits per heavy atom. The molecule has 6 nitrogen and oxygen atoms in total. The number of hydrogen-bond donors (Lipinski definition) is 2. The maximum absolute atomic E-state index is 12.8. The third-order valence-electron chi connectivity index (χ3n) is 5.69. The van der Waals surface area contributed by atoms with Crippen molar-refractivity contribution in [3.05, 3.63) is 24.3 Å². The molecule has 8 heteroatoms. The van der Waals surface area contributed by atoms with E-state index in [0.29, 0.717) is 37.0 Å². The lowest BCUT2D eigenvalue weighted by Gasteiger charge is -2.29. The first-order valence-electron chi connectivity index (χ1n) is 10.1. The van der Waals surface area contributed by atoms with Crippen molar-refractivity contribution in [1.82, 2.24) is 9.62 Å². The van der Waals surface area contributed by atoms with Crippen LogP contribution in [0.4, 0.5) is 5.69 Å². The van der Waals surface area contributed by atoms with Crippen molar-refractivity contribution in [2.24, 2.45) is 11.8 Å². The highest BCUT2D eigenvalue weighted by Crippen LogP contribution is 2.27. The summed E-state index contributed by atoms with van der Waals surface area (Å²) in [7, 11) is -3.46. The number of thiocarbonyl (C=S) groups is 1. The molecule has 0 aromatic heterocycles. The number of hydrogen-bond acceptors (Lipinski definition) is 4. The molecule has 154 valence electrons. The van der Waals surface area contributed by atoms with Crippen LogP contribution in [0, 0.1) is 11.8 Å². The van der Waals surface area contributed by atoms with Gasteiger partial charge in [0, 0.05) is 25.2 Å². The molecule has 1 aliphatic carbocycles. The summed E-state index contributed by atoms with van der Waals surface area (Å²) >= 11 is 5.20. The van der Waals surface area contributed by atoms with Crippen LogP contribution in [0.25, 0.3) is 0 Å². The Hall–Kier alpha value is -1.51. The van der Waals surface area contributed by atoms with Crippen LogP contribution in [-0.2, 0) is 14.8 Å². The SMILES string of the molecule is CC1CCN(S(=O)(=O)c2ccc(NC(=S)NC(=O)CC3CCCC3)cc2)CC1. The maximum atomic E-state index is 12.8. The number of nitrogens with one attached hydrogen (secondary N) is 2. The van der Waals surface area contributed by atoms with Gasteiger partial charge in [0.25, 0.3) is 0 Å². The molecule has 2 N–H and O–H groups in total. The molecule has 1 amide bonds.